The molecule has 0 atom stereocenters. The number of pyridine rings is 1. The fraction of sp³-hybridized carbons (Fsp3) is 0.458. The molecule has 173 valence electrons. The van der Waals surface area contributed by atoms with Crippen LogP contribution >= 0.6 is 0 Å². The molecule has 3 rings (SSSR count). The summed E-state index contributed by atoms with van der Waals surface area (Å²) >= 11 is 0. The average molecular weight is 465 g/mol. The molecular formula is C24H29F3NO3Si. The van der Waals surface area contributed by atoms with E-state index in [2.05, 4.69) is 0 Å². The zero-order valence-corrected chi connectivity index (χ0v) is 20.5. The van der Waals surface area contributed by atoms with E-state index in [1.807, 2.05) is 39.9 Å². The van der Waals surface area contributed by atoms with Crippen LogP contribution in [0.15, 0.2) is 41.3 Å². The van der Waals surface area contributed by atoms with Crippen LogP contribution in [0.3, 0.4) is 0 Å². The molecule has 1 aliphatic heterocycles. The Bertz CT molecular complexity index is 1110. The molecule has 1 aliphatic rings. The molecule has 0 N–H and O–H groups in total. The highest BCUT2D eigenvalue weighted by Gasteiger charge is 2.35. The molecule has 1 aromatic heterocycles. The Morgan fingerprint density at radius 2 is 1.78 bits per heavy atom. The molecule has 0 saturated carbocycles. The van der Waals surface area contributed by atoms with Gasteiger partial charge < -0.3 is 9.16 Å². The van der Waals surface area contributed by atoms with E-state index in [1.54, 1.807) is 26.1 Å². The maximum absolute atomic E-state index is 13.6. The van der Waals surface area contributed by atoms with Gasteiger partial charge in [-0.1, -0.05) is 20.8 Å². The summed E-state index contributed by atoms with van der Waals surface area (Å²) in [4.78, 5) is 13.6. The van der Waals surface area contributed by atoms with Crippen molar-refractivity contribution < 1.29 is 22.3 Å². The van der Waals surface area contributed by atoms with Crippen LogP contribution in [0, 0.1) is 0 Å². The van der Waals surface area contributed by atoms with Gasteiger partial charge in [0.2, 0.25) is 9.04 Å². The van der Waals surface area contributed by atoms with Gasteiger partial charge in [0.05, 0.1) is 17.9 Å². The molecule has 0 aliphatic carbocycles. The second kappa shape index (κ2) is 8.23. The van der Waals surface area contributed by atoms with E-state index < -0.39 is 26.4 Å². The van der Waals surface area contributed by atoms with E-state index in [1.165, 1.54) is 10.6 Å². The van der Waals surface area contributed by atoms with Crippen LogP contribution in [-0.4, -0.2) is 19.2 Å². The van der Waals surface area contributed by atoms with Crippen LogP contribution in [-0.2, 0) is 22.6 Å². The lowest BCUT2D eigenvalue weighted by atomic mass is 9.84. The average Bonchev–Trinajstić information content (AvgIpc) is 2.63. The Kier molecular flexibility index (Phi) is 6.25. The molecule has 0 unspecified atom stereocenters. The second-order valence-electron chi connectivity index (χ2n) is 9.77. The Balaban J connectivity index is 2.26. The monoisotopic (exact) mass is 464 g/mol. The molecule has 0 amide bonds. The molecule has 0 spiro atoms. The van der Waals surface area contributed by atoms with Gasteiger partial charge in [0.1, 0.15) is 11.4 Å². The first-order valence-electron chi connectivity index (χ1n) is 10.4. The zero-order chi connectivity index (χ0) is 24.1. The molecule has 2 heterocycles. The zero-order valence-electron chi connectivity index (χ0n) is 19.5. The molecule has 1 radical (unpaired) electrons. The summed E-state index contributed by atoms with van der Waals surface area (Å²) < 4.78 is 53.4. The van der Waals surface area contributed by atoms with Crippen LogP contribution in [0.4, 0.5) is 13.2 Å². The number of alkyl halides is 3. The Morgan fingerprint density at radius 3 is 2.34 bits per heavy atom. The molecule has 4 nitrogen and oxygen atoms in total. The van der Waals surface area contributed by atoms with Crippen molar-refractivity contribution in [1.29, 1.82) is 0 Å². The molecule has 8 heteroatoms. The highest BCUT2D eigenvalue weighted by Crippen LogP contribution is 2.40. The summed E-state index contributed by atoms with van der Waals surface area (Å²) in [6.45, 7) is 13.8. The number of hydrogen-bond donors (Lipinski definition) is 0. The first kappa shape index (κ1) is 24.3. The Morgan fingerprint density at radius 1 is 1.12 bits per heavy atom. The molecule has 2 aromatic rings. The van der Waals surface area contributed by atoms with E-state index in [9.17, 15) is 18.0 Å². The van der Waals surface area contributed by atoms with Crippen LogP contribution < -0.4 is 10.3 Å². The van der Waals surface area contributed by atoms with Crippen LogP contribution in [0.5, 0.6) is 5.75 Å². The fourth-order valence-electron chi connectivity index (χ4n) is 3.74. The van der Waals surface area contributed by atoms with E-state index in [-0.39, 0.29) is 23.1 Å². The lowest BCUT2D eigenvalue weighted by molar-refractivity contribution is -0.137. The van der Waals surface area contributed by atoms with Gasteiger partial charge in [0.25, 0.3) is 5.56 Å². The van der Waals surface area contributed by atoms with Crippen molar-refractivity contribution in [2.24, 2.45) is 0 Å². The lowest BCUT2D eigenvalue weighted by Crippen LogP contribution is -2.34. The maximum atomic E-state index is 13.6. The van der Waals surface area contributed by atoms with E-state index in [0.29, 0.717) is 17.0 Å². The Labute approximate surface area is 188 Å². The molecule has 0 fully saturated rings. The van der Waals surface area contributed by atoms with Gasteiger partial charge >= 0.3 is 6.18 Å². The van der Waals surface area contributed by atoms with Crippen LogP contribution in [0.2, 0.25) is 13.1 Å². The maximum Gasteiger partial charge on any atom is 0.416 e. The van der Waals surface area contributed by atoms with Gasteiger partial charge in [-0.15, -0.1) is 0 Å². The number of benzene rings is 1. The number of ether oxygens (including phenoxy) is 1. The van der Waals surface area contributed by atoms with Crippen molar-refractivity contribution in [1.82, 2.24) is 4.57 Å². The van der Waals surface area contributed by atoms with Gasteiger partial charge in [-0.05, 0) is 68.3 Å². The molecule has 0 saturated heterocycles. The van der Waals surface area contributed by atoms with Crippen molar-refractivity contribution in [3.63, 3.8) is 0 Å². The fourth-order valence-corrected chi connectivity index (χ4v) is 4.17. The summed E-state index contributed by atoms with van der Waals surface area (Å²) in [7, 11) is -1.04. The highest BCUT2D eigenvalue weighted by molar-refractivity contribution is 6.48. The van der Waals surface area contributed by atoms with Gasteiger partial charge in [-0.3, -0.25) is 9.36 Å². The van der Waals surface area contributed by atoms with Crippen LogP contribution in [0.25, 0.3) is 5.70 Å². The summed E-state index contributed by atoms with van der Waals surface area (Å²) in [5, 5.41) is 0. The molecular weight excluding hydrogens is 435 g/mol. The van der Waals surface area contributed by atoms with Gasteiger partial charge in [-0.25, -0.2) is 0 Å². The number of aromatic nitrogens is 1. The van der Waals surface area contributed by atoms with Crippen molar-refractivity contribution in [3.05, 3.63) is 69.1 Å². The van der Waals surface area contributed by atoms with Gasteiger partial charge in [-0.2, -0.15) is 13.2 Å². The van der Waals surface area contributed by atoms with Crippen molar-refractivity contribution in [2.75, 3.05) is 0 Å². The Hall–Kier alpha value is -2.32. The number of hydrogen-bond acceptors (Lipinski definition) is 3. The minimum absolute atomic E-state index is 0.163. The third-order valence-electron chi connectivity index (χ3n) is 5.21. The first-order chi connectivity index (χ1) is 14.6. The van der Waals surface area contributed by atoms with Crippen molar-refractivity contribution in [3.8, 4) is 5.75 Å². The van der Waals surface area contributed by atoms with Crippen molar-refractivity contribution in [2.45, 2.75) is 71.5 Å². The number of fused-ring (bicyclic) bond motifs is 1. The summed E-state index contributed by atoms with van der Waals surface area (Å²) in [6, 6.07) is 5.20. The number of nitrogens with zero attached hydrogens (tertiary/aromatic N) is 1. The van der Waals surface area contributed by atoms with E-state index in [0.717, 1.165) is 17.7 Å². The van der Waals surface area contributed by atoms with E-state index in [4.69, 9.17) is 9.16 Å². The van der Waals surface area contributed by atoms with Crippen molar-refractivity contribution >= 4 is 14.7 Å². The molecule has 1 aromatic carbocycles. The SMILES string of the molecule is C[Si](C)OCc1c(C(C)(C)C)ccn(C2=CC(C)(C)Oc3ccc(C(F)(F)F)cc32)c1=O. The third-order valence-corrected chi connectivity index (χ3v) is 5.93. The highest BCUT2D eigenvalue weighted by atomic mass is 28.3. The van der Waals surface area contributed by atoms with Crippen LogP contribution in [0.1, 0.15) is 56.9 Å². The summed E-state index contributed by atoms with van der Waals surface area (Å²) in [6.07, 6.45) is -1.19. The summed E-state index contributed by atoms with van der Waals surface area (Å²) in [5.74, 6) is 0.303. The topological polar surface area (TPSA) is 40.5 Å². The minimum atomic E-state index is -4.51. The first-order valence-corrected chi connectivity index (χ1v) is 12.8. The predicted molar refractivity (Wildman–Crippen MR) is 121 cm³/mol. The summed E-state index contributed by atoms with van der Waals surface area (Å²) in [5.41, 5.74) is -0.214. The largest absolute Gasteiger partial charge is 0.483 e. The standard InChI is InChI=1S/C24H29F3NO3Si/c1-22(2,3)18-10-11-28(21(29)17(18)14-30-32(6)7)19-13-23(4,5)31-20-9-8-15(12-16(19)20)24(25,26)27/h8-13H,14H2,1-7H3. The predicted octanol–water partition coefficient (Wildman–Crippen LogP) is 5.99. The number of halogens is 3. The molecule has 32 heavy (non-hydrogen) atoms. The quantitative estimate of drug-likeness (QED) is 0.522. The van der Waals surface area contributed by atoms with Gasteiger partial charge in [0.15, 0.2) is 0 Å². The van der Waals surface area contributed by atoms with Gasteiger partial charge in [0, 0.05) is 17.3 Å². The second-order valence-corrected chi connectivity index (χ2v) is 11.9. The minimum Gasteiger partial charge on any atom is -0.483 e. The molecule has 0 bridgehead atoms. The smallest absolute Gasteiger partial charge is 0.416 e. The number of rotatable bonds is 4. The van der Waals surface area contributed by atoms with E-state index >= 15 is 0 Å². The normalized spacial score (nSPS) is 15.9. The lowest BCUT2D eigenvalue weighted by Gasteiger charge is -2.32. The third kappa shape index (κ3) is 5.01.